The summed E-state index contributed by atoms with van der Waals surface area (Å²) in [6.45, 7) is 2.56. The SMILES string of the molecule is CNC(=O)C1(Nc2ccn(C)n2)CCN(C(=O)c2ccc(F)cc2C)CC1. The molecule has 0 spiro atoms. The van der Waals surface area contributed by atoms with Gasteiger partial charge in [0.05, 0.1) is 0 Å². The van der Waals surface area contributed by atoms with E-state index in [-0.39, 0.29) is 17.6 Å². The van der Waals surface area contributed by atoms with Gasteiger partial charge < -0.3 is 15.5 Å². The Morgan fingerprint density at radius 2 is 1.93 bits per heavy atom. The second-order valence-corrected chi connectivity index (χ2v) is 6.91. The fourth-order valence-corrected chi connectivity index (χ4v) is 3.50. The zero-order valence-corrected chi connectivity index (χ0v) is 15.8. The van der Waals surface area contributed by atoms with Gasteiger partial charge in [0, 0.05) is 45.0 Å². The van der Waals surface area contributed by atoms with Gasteiger partial charge in [-0.05, 0) is 43.5 Å². The smallest absolute Gasteiger partial charge is 0.254 e. The van der Waals surface area contributed by atoms with Crippen molar-refractivity contribution in [1.29, 1.82) is 0 Å². The second kappa shape index (κ2) is 7.38. The number of rotatable bonds is 4. The number of carbonyl (C=O) groups excluding carboxylic acids is 2. The Kier molecular flexibility index (Phi) is 5.16. The third kappa shape index (κ3) is 3.79. The summed E-state index contributed by atoms with van der Waals surface area (Å²) in [6, 6.07) is 5.97. The van der Waals surface area contributed by atoms with Crippen molar-refractivity contribution in [3.63, 3.8) is 0 Å². The highest BCUT2D eigenvalue weighted by Crippen LogP contribution is 2.28. The minimum Gasteiger partial charge on any atom is -0.357 e. The highest BCUT2D eigenvalue weighted by atomic mass is 19.1. The van der Waals surface area contributed by atoms with Crippen LogP contribution in [0, 0.1) is 12.7 Å². The number of benzene rings is 1. The van der Waals surface area contributed by atoms with Crippen molar-refractivity contribution in [1.82, 2.24) is 20.0 Å². The number of halogens is 1. The number of nitrogens with zero attached hydrogens (tertiary/aromatic N) is 3. The first-order valence-corrected chi connectivity index (χ1v) is 8.90. The van der Waals surface area contributed by atoms with Gasteiger partial charge in [-0.3, -0.25) is 14.3 Å². The highest BCUT2D eigenvalue weighted by molar-refractivity contribution is 5.96. The number of anilines is 1. The van der Waals surface area contributed by atoms with Crippen LogP contribution in [-0.2, 0) is 11.8 Å². The Bertz CT molecular complexity index is 856. The molecule has 27 heavy (non-hydrogen) atoms. The van der Waals surface area contributed by atoms with Crippen molar-refractivity contribution in [2.75, 3.05) is 25.5 Å². The van der Waals surface area contributed by atoms with E-state index in [1.165, 1.54) is 18.2 Å². The zero-order valence-electron chi connectivity index (χ0n) is 15.8. The number of hydrogen-bond acceptors (Lipinski definition) is 4. The van der Waals surface area contributed by atoms with Gasteiger partial charge in [0.15, 0.2) is 0 Å². The second-order valence-electron chi connectivity index (χ2n) is 6.91. The predicted octanol–water partition coefficient (Wildman–Crippen LogP) is 1.70. The Labute approximate surface area is 157 Å². The van der Waals surface area contributed by atoms with Gasteiger partial charge in [0.2, 0.25) is 5.91 Å². The van der Waals surface area contributed by atoms with Crippen LogP contribution in [0.3, 0.4) is 0 Å². The van der Waals surface area contributed by atoms with Gasteiger partial charge in [-0.25, -0.2) is 4.39 Å². The largest absolute Gasteiger partial charge is 0.357 e. The Balaban J connectivity index is 1.75. The van der Waals surface area contributed by atoms with E-state index >= 15 is 0 Å². The number of likely N-dealkylation sites (tertiary alicyclic amines) is 1. The molecule has 2 heterocycles. The summed E-state index contributed by atoms with van der Waals surface area (Å²) in [5, 5.41) is 10.3. The molecule has 0 radical (unpaired) electrons. The summed E-state index contributed by atoms with van der Waals surface area (Å²) in [5.74, 6) is -0.00907. The van der Waals surface area contributed by atoms with Crippen LogP contribution in [0.5, 0.6) is 0 Å². The average molecular weight is 373 g/mol. The first kappa shape index (κ1) is 18.9. The van der Waals surface area contributed by atoms with Crippen molar-refractivity contribution in [2.45, 2.75) is 25.3 Å². The third-order valence-electron chi connectivity index (χ3n) is 5.07. The maximum Gasteiger partial charge on any atom is 0.254 e. The molecule has 1 aliphatic heterocycles. The number of aromatic nitrogens is 2. The van der Waals surface area contributed by atoms with Crippen LogP contribution in [0.2, 0.25) is 0 Å². The van der Waals surface area contributed by atoms with Crippen LogP contribution in [0.4, 0.5) is 10.2 Å². The van der Waals surface area contributed by atoms with E-state index in [0.29, 0.717) is 42.9 Å². The minimum atomic E-state index is -0.822. The lowest BCUT2D eigenvalue weighted by Crippen LogP contribution is -2.58. The van der Waals surface area contributed by atoms with Gasteiger partial charge in [-0.2, -0.15) is 5.10 Å². The zero-order chi connectivity index (χ0) is 19.6. The molecule has 0 atom stereocenters. The molecule has 1 aromatic heterocycles. The summed E-state index contributed by atoms with van der Waals surface area (Å²) in [6.07, 6.45) is 2.71. The topological polar surface area (TPSA) is 79.3 Å². The number of carbonyl (C=O) groups is 2. The molecule has 0 saturated carbocycles. The summed E-state index contributed by atoms with van der Waals surface area (Å²) >= 11 is 0. The number of amides is 2. The molecule has 1 aromatic carbocycles. The van der Waals surface area contributed by atoms with Gasteiger partial charge in [0.1, 0.15) is 17.2 Å². The number of piperidine rings is 1. The van der Waals surface area contributed by atoms with Crippen molar-refractivity contribution < 1.29 is 14.0 Å². The van der Waals surface area contributed by atoms with E-state index < -0.39 is 5.54 Å². The van der Waals surface area contributed by atoms with Crippen LogP contribution in [0.15, 0.2) is 30.5 Å². The fourth-order valence-electron chi connectivity index (χ4n) is 3.50. The molecule has 8 heteroatoms. The number of nitrogens with one attached hydrogen (secondary N) is 2. The maximum atomic E-state index is 13.3. The van der Waals surface area contributed by atoms with Gasteiger partial charge in [-0.15, -0.1) is 0 Å². The lowest BCUT2D eigenvalue weighted by molar-refractivity contribution is -0.126. The Morgan fingerprint density at radius 3 is 2.48 bits per heavy atom. The van der Waals surface area contributed by atoms with Crippen molar-refractivity contribution in [3.8, 4) is 0 Å². The molecule has 7 nitrogen and oxygen atoms in total. The van der Waals surface area contributed by atoms with Crippen LogP contribution >= 0.6 is 0 Å². The van der Waals surface area contributed by atoms with E-state index in [9.17, 15) is 14.0 Å². The van der Waals surface area contributed by atoms with Crippen LogP contribution < -0.4 is 10.6 Å². The Morgan fingerprint density at radius 1 is 1.22 bits per heavy atom. The molecule has 3 rings (SSSR count). The minimum absolute atomic E-state index is 0.127. The summed E-state index contributed by atoms with van der Waals surface area (Å²) in [7, 11) is 3.41. The van der Waals surface area contributed by atoms with Gasteiger partial charge in [-0.1, -0.05) is 0 Å². The molecular weight excluding hydrogens is 349 g/mol. The molecule has 1 saturated heterocycles. The van der Waals surface area contributed by atoms with Crippen molar-refractivity contribution in [3.05, 3.63) is 47.4 Å². The molecule has 0 unspecified atom stereocenters. The molecule has 2 amide bonds. The highest BCUT2D eigenvalue weighted by Gasteiger charge is 2.42. The third-order valence-corrected chi connectivity index (χ3v) is 5.07. The van der Waals surface area contributed by atoms with E-state index in [4.69, 9.17) is 0 Å². The molecule has 2 N–H and O–H groups in total. The lowest BCUT2D eigenvalue weighted by atomic mass is 9.86. The van der Waals surface area contributed by atoms with E-state index in [2.05, 4.69) is 15.7 Å². The first-order chi connectivity index (χ1) is 12.8. The van der Waals surface area contributed by atoms with E-state index in [1.807, 2.05) is 13.1 Å². The molecule has 0 aliphatic carbocycles. The fraction of sp³-hybridized carbons (Fsp3) is 0.421. The quantitative estimate of drug-likeness (QED) is 0.855. The first-order valence-electron chi connectivity index (χ1n) is 8.90. The Hall–Kier alpha value is -2.90. The summed E-state index contributed by atoms with van der Waals surface area (Å²) in [5.41, 5.74) is 0.272. The number of hydrogen-bond donors (Lipinski definition) is 2. The van der Waals surface area contributed by atoms with Gasteiger partial charge >= 0.3 is 0 Å². The normalized spacial score (nSPS) is 16.1. The van der Waals surface area contributed by atoms with E-state index in [0.717, 1.165) is 0 Å². The van der Waals surface area contributed by atoms with E-state index in [1.54, 1.807) is 29.7 Å². The molecule has 1 fully saturated rings. The molecule has 1 aliphatic rings. The molecule has 144 valence electrons. The van der Waals surface area contributed by atoms with Gasteiger partial charge in [0.25, 0.3) is 5.91 Å². The standard InChI is InChI=1S/C19H24FN5O2/c1-13-12-14(20)4-5-15(13)17(26)25-10-7-19(8-11-25,18(27)21-2)22-16-6-9-24(3)23-16/h4-6,9,12H,7-8,10-11H2,1-3H3,(H,21,27)(H,22,23). The van der Waals surface area contributed by atoms with Crippen molar-refractivity contribution in [2.24, 2.45) is 7.05 Å². The molecule has 0 bridgehead atoms. The lowest BCUT2D eigenvalue weighted by Gasteiger charge is -2.41. The monoisotopic (exact) mass is 373 g/mol. The number of likely N-dealkylation sites (N-methyl/N-ethyl adjacent to an activating group) is 1. The van der Waals surface area contributed by atoms with Crippen LogP contribution in [0.25, 0.3) is 0 Å². The summed E-state index contributed by atoms with van der Waals surface area (Å²) in [4.78, 5) is 27.1. The van der Waals surface area contributed by atoms with Crippen molar-refractivity contribution >= 4 is 17.6 Å². The maximum absolute atomic E-state index is 13.3. The predicted molar refractivity (Wildman–Crippen MR) is 99.9 cm³/mol. The summed E-state index contributed by atoms with van der Waals surface area (Å²) < 4.78 is 15.0. The van der Waals surface area contributed by atoms with Crippen LogP contribution in [-0.4, -0.2) is 52.2 Å². The van der Waals surface area contributed by atoms with Crippen LogP contribution in [0.1, 0.15) is 28.8 Å². The molecular formula is C19H24FN5O2. The molecule has 2 aromatic rings. The average Bonchev–Trinajstić information content (AvgIpc) is 3.05. The number of aryl methyl sites for hydroxylation is 2.